The third-order valence-corrected chi connectivity index (χ3v) is 6.13. The number of nitrogens with zero attached hydrogens (tertiary/aromatic N) is 3. The van der Waals surface area contributed by atoms with Crippen LogP contribution in [0.4, 0.5) is 0 Å². The van der Waals surface area contributed by atoms with E-state index in [4.69, 9.17) is 17.3 Å². The Bertz CT molecular complexity index is 974. The van der Waals surface area contributed by atoms with Crippen molar-refractivity contribution < 1.29 is 4.79 Å². The molecule has 2 N–H and O–H groups in total. The van der Waals surface area contributed by atoms with Crippen molar-refractivity contribution >= 4 is 28.4 Å². The second kappa shape index (κ2) is 8.97. The van der Waals surface area contributed by atoms with E-state index < -0.39 is 0 Å². The molecular weight excluding hydrogens is 384 g/mol. The van der Waals surface area contributed by atoms with Gasteiger partial charge in [0.05, 0.1) is 11.7 Å². The Kier molecular flexibility index (Phi) is 6.16. The number of carbonyl (C=O) groups excluding carboxylic acids is 1. The van der Waals surface area contributed by atoms with E-state index in [1.54, 1.807) is 0 Å². The Morgan fingerprint density at radius 3 is 2.62 bits per heavy atom. The molecule has 152 valence electrons. The van der Waals surface area contributed by atoms with Crippen LogP contribution in [0.15, 0.2) is 48.9 Å². The Hall–Kier alpha value is -2.37. The number of pyridine rings is 1. The first-order chi connectivity index (χ1) is 14.2. The Balaban J connectivity index is 1.53. The zero-order valence-electron chi connectivity index (χ0n) is 16.6. The van der Waals surface area contributed by atoms with Gasteiger partial charge in [0, 0.05) is 48.0 Å². The van der Waals surface area contributed by atoms with E-state index in [1.807, 2.05) is 41.6 Å². The summed E-state index contributed by atoms with van der Waals surface area (Å²) in [6.45, 7) is 2.30. The SMILES string of the molecule is NCCCCC(=O)N1CCC(c2cn(-c3ccc(Cl)cc3)c3cnccc23)CC1. The third kappa shape index (κ3) is 4.31. The highest BCUT2D eigenvalue weighted by Crippen LogP contribution is 2.35. The lowest BCUT2D eigenvalue weighted by Gasteiger charge is -2.32. The van der Waals surface area contributed by atoms with Gasteiger partial charge in [-0.3, -0.25) is 9.78 Å². The van der Waals surface area contributed by atoms with Crippen LogP contribution in [0.1, 0.15) is 43.6 Å². The van der Waals surface area contributed by atoms with Gasteiger partial charge in [0.25, 0.3) is 0 Å². The van der Waals surface area contributed by atoms with Gasteiger partial charge in [-0.2, -0.15) is 0 Å². The van der Waals surface area contributed by atoms with Crippen LogP contribution in [0.3, 0.4) is 0 Å². The lowest BCUT2D eigenvalue weighted by Crippen LogP contribution is -2.37. The summed E-state index contributed by atoms with van der Waals surface area (Å²) in [7, 11) is 0. The van der Waals surface area contributed by atoms with E-state index in [1.165, 1.54) is 10.9 Å². The fraction of sp³-hybridized carbons (Fsp3) is 0.391. The second-order valence-corrected chi connectivity index (χ2v) is 8.16. The van der Waals surface area contributed by atoms with Crippen molar-refractivity contribution in [3.63, 3.8) is 0 Å². The molecule has 5 nitrogen and oxygen atoms in total. The van der Waals surface area contributed by atoms with Crippen LogP contribution < -0.4 is 5.73 Å². The minimum absolute atomic E-state index is 0.268. The monoisotopic (exact) mass is 410 g/mol. The van der Waals surface area contributed by atoms with E-state index in [0.29, 0.717) is 18.9 Å². The van der Waals surface area contributed by atoms with Gasteiger partial charge in [-0.25, -0.2) is 0 Å². The van der Waals surface area contributed by atoms with Gasteiger partial charge in [-0.05, 0) is 74.0 Å². The minimum Gasteiger partial charge on any atom is -0.343 e. The summed E-state index contributed by atoms with van der Waals surface area (Å²) < 4.78 is 2.19. The summed E-state index contributed by atoms with van der Waals surface area (Å²) in [4.78, 5) is 18.8. The maximum absolute atomic E-state index is 12.4. The zero-order chi connectivity index (χ0) is 20.2. The maximum Gasteiger partial charge on any atom is 0.222 e. The Morgan fingerprint density at radius 1 is 1.14 bits per heavy atom. The number of likely N-dealkylation sites (tertiary alicyclic amines) is 1. The summed E-state index contributed by atoms with van der Waals surface area (Å²) in [6, 6.07) is 9.98. The smallest absolute Gasteiger partial charge is 0.222 e. The minimum atomic E-state index is 0.268. The molecule has 1 fully saturated rings. The fourth-order valence-electron chi connectivity index (χ4n) is 4.26. The fourth-order valence-corrected chi connectivity index (χ4v) is 4.39. The number of amides is 1. The predicted octanol–water partition coefficient (Wildman–Crippen LogP) is 4.51. The maximum atomic E-state index is 12.4. The number of hydrogen-bond donors (Lipinski definition) is 1. The summed E-state index contributed by atoms with van der Waals surface area (Å²) in [5.74, 6) is 0.714. The molecule has 0 aliphatic carbocycles. The van der Waals surface area contributed by atoms with E-state index >= 15 is 0 Å². The van der Waals surface area contributed by atoms with Crippen LogP contribution in [-0.2, 0) is 4.79 Å². The summed E-state index contributed by atoms with van der Waals surface area (Å²) in [6.07, 6.45) is 10.4. The van der Waals surface area contributed by atoms with Crippen LogP contribution in [0.5, 0.6) is 0 Å². The topological polar surface area (TPSA) is 64.2 Å². The van der Waals surface area contributed by atoms with Gasteiger partial charge in [0.2, 0.25) is 5.91 Å². The zero-order valence-corrected chi connectivity index (χ0v) is 17.3. The molecule has 6 heteroatoms. The first kappa shape index (κ1) is 19.9. The molecule has 1 aliphatic heterocycles. The van der Waals surface area contributed by atoms with Crippen LogP contribution in [-0.4, -0.2) is 40.0 Å². The molecule has 3 aromatic rings. The molecule has 3 heterocycles. The standard InChI is InChI=1S/C23H27ClN4O/c24-18-4-6-19(7-5-18)28-16-21(20-8-12-26-15-22(20)28)17-9-13-27(14-10-17)23(29)3-1-2-11-25/h4-8,12,15-17H,1-3,9-11,13-14,25H2. The van der Waals surface area contributed by atoms with Gasteiger partial charge in [-0.15, -0.1) is 0 Å². The molecule has 0 saturated carbocycles. The number of hydrogen-bond acceptors (Lipinski definition) is 3. The molecule has 1 aliphatic rings. The number of carbonyl (C=O) groups is 1. The normalized spacial score (nSPS) is 15.2. The quantitative estimate of drug-likeness (QED) is 0.608. The number of fused-ring (bicyclic) bond motifs is 1. The number of halogens is 1. The molecule has 4 rings (SSSR count). The first-order valence-corrected chi connectivity index (χ1v) is 10.7. The molecule has 0 spiro atoms. The van der Waals surface area contributed by atoms with E-state index in [9.17, 15) is 4.79 Å². The van der Waals surface area contributed by atoms with Crippen molar-refractivity contribution in [3.8, 4) is 5.69 Å². The van der Waals surface area contributed by atoms with Gasteiger partial charge < -0.3 is 15.2 Å². The van der Waals surface area contributed by atoms with E-state index in [2.05, 4.69) is 21.8 Å². The van der Waals surface area contributed by atoms with Crippen LogP contribution in [0.25, 0.3) is 16.6 Å². The van der Waals surface area contributed by atoms with Gasteiger partial charge >= 0.3 is 0 Å². The molecule has 1 amide bonds. The third-order valence-electron chi connectivity index (χ3n) is 5.88. The van der Waals surface area contributed by atoms with Gasteiger partial charge in [0.1, 0.15) is 0 Å². The van der Waals surface area contributed by atoms with Crippen molar-refractivity contribution in [1.82, 2.24) is 14.5 Å². The Morgan fingerprint density at radius 2 is 1.90 bits per heavy atom. The summed E-state index contributed by atoms with van der Waals surface area (Å²) >= 11 is 6.06. The van der Waals surface area contributed by atoms with Crippen molar-refractivity contribution in [1.29, 1.82) is 0 Å². The van der Waals surface area contributed by atoms with Crippen molar-refractivity contribution in [2.45, 2.75) is 38.0 Å². The van der Waals surface area contributed by atoms with Crippen molar-refractivity contribution in [2.24, 2.45) is 5.73 Å². The summed E-state index contributed by atoms with van der Waals surface area (Å²) in [5.41, 5.74) is 9.05. The first-order valence-electron chi connectivity index (χ1n) is 10.4. The number of nitrogens with two attached hydrogens (primary N) is 1. The van der Waals surface area contributed by atoms with Crippen LogP contribution in [0, 0.1) is 0 Å². The van der Waals surface area contributed by atoms with Gasteiger partial charge in [0.15, 0.2) is 0 Å². The van der Waals surface area contributed by atoms with E-state index in [-0.39, 0.29) is 5.91 Å². The number of piperidine rings is 1. The average Bonchev–Trinajstić information content (AvgIpc) is 3.14. The number of benzene rings is 1. The second-order valence-electron chi connectivity index (χ2n) is 7.72. The van der Waals surface area contributed by atoms with Crippen molar-refractivity contribution in [3.05, 3.63) is 59.5 Å². The molecule has 1 saturated heterocycles. The lowest BCUT2D eigenvalue weighted by molar-refractivity contribution is -0.132. The number of aromatic nitrogens is 2. The summed E-state index contributed by atoms with van der Waals surface area (Å²) in [5, 5.41) is 1.97. The molecule has 0 bridgehead atoms. The predicted molar refractivity (Wildman–Crippen MR) is 118 cm³/mol. The largest absolute Gasteiger partial charge is 0.343 e. The highest BCUT2D eigenvalue weighted by Gasteiger charge is 2.26. The molecule has 1 aromatic carbocycles. The highest BCUT2D eigenvalue weighted by atomic mass is 35.5. The molecule has 0 atom stereocenters. The molecule has 0 unspecified atom stereocenters. The molecule has 29 heavy (non-hydrogen) atoms. The van der Waals surface area contributed by atoms with Crippen LogP contribution in [0.2, 0.25) is 5.02 Å². The highest BCUT2D eigenvalue weighted by molar-refractivity contribution is 6.30. The Labute approximate surface area is 176 Å². The van der Waals surface area contributed by atoms with E-state index in [0.717, 1.165) is 55.0 Å². The average molecular weight is 411 g/mol. The van der Waals surface area contributed by atoms with Crippen molar-refractivity contribution in [2.75, 3.05) is 19.6 Å². The molecule has 0 radical (unpaired) electrons. The lowest BCUT2D eigenvalue weighted by atomic mass is 9.89. The molecule has 2 aromatic heterocycles. The molecular formula is C23H27ClN4O. The number of unbranched alkanes of at least 4 members (excludes halogenated alkanes) is 1. The number of rotatable bonds is 6. The van der Waals surface area contributed by atoms with Gasteiger partial charge in [-0.1, -0.05) is 11.6 Å². The van der Waals surface area contributed by atoms with Crippen LogP contribution >= 0.6 is 11.6 Å².